The minimum Gasteiger partial charge on any atom is -0.506 e. The first-order chi connectivity index (χ1) is 10.1. The molecular weight excluding hydrogens is 268 g/mol. The van der Waals surface area contributed by atoms with E-state index >= 15 is 0 Å². The van der Waals surface area contributed by atoms with E-state index in [9.17, 15) is 14.7 Å². The van der Waals surface area contributed by atoms with Crippen molar-refractivity contribution in [2.75, 3.05) is 12.8 Å². The number of fused-ring (bicyclic) bond motifs is 2. The third kappa shape index (κ3) is 1.74. The van der Waals surface area contributed by atoms with Gasteiger partial charge in [0, 0.05) is 35.6 Å². The minimum atomic E-state index is -0.407. The van der Waals surface area contributed by atoms with Crippen LogP contribution in [0, 0.1) is 0 Å². The van der Waals surface area contributed by atoms with Crippen LogP contribution < -0.4 is 5.73 Å². The van der Waals surface area contributed by atoms with E-state index in [0.29, 0.717) is 11.1 Å². The first-order valence-electron chi connectivity index (χ1n) is 6.32. The van der Waals surface area contributed by atoms with E-state index in [1.54, 1.807) is 24.3 Å². The molecule has 0 fully saturated rings. The molecule has 0 aromatic heterocycles. The molecule has 0 unspecified atom stereocenters. The molecule has 0 bridgehead atoms. The smallest absolute Gasteiger partial charge is 0.198 e. The van der Waals surface area contributed by atoms with Crippen LogP contribution in [-0.2, 0) is 0 Å². The zero-order valence-corrected chi connectivity index (χ0v) is 11.3. The summed E-state index contributed by atoms with van der Waals surface area (Å²) in [5, 5.41) is 10.3. The third-order valence-corrected chi connectivity index (χ3v) is 3.50. The van der Waals surface area contributed by atoms with Gasteiger partial charge in [-0.15, -0.1) is 0 Å². The predicted octanol–water partition coefficient (Wildman–Crippen LogP) is 1.80. The molecule has 3 N–H and O–H groups in total. The van der Waals surface area contributed by atoms with E-state index in [-0.39, 0.29) is 33.9 Å². The summed E-state index contributed by atoms with van der Waals surface area (Å²) in [7, 11) is 1.54. The number of hydrogen-bond donors (Lipinski definition) is 2. The number of anilines is 1. The topological polar surface area (TPSA) is 92.8 Å². The van der Waals surface area contributed by atoms with E-state index in [0.717, 1.165) is 0 Å². The molecule has 2 aromatic rings. The maximum atomic E-state index is 12.6. The highest BCUT2D eigenvalue weighted by atomic mass is 16.3. The van der Waals surface area contributed by atoms with Crippen molar-refractivity contribution in [3.63, 3.8) is 0 Å². The number of benzene rings is 2. The van der Waals surface area contributed by atoms with Crippen molar-refractivity contribution < 1.29 is 14.7 Å². The Hall–Kier alpha value is -2.95. The molecule has 0 heterocycles. The highest BCUT2D eigenvalue weighted by molar-refractivity contribution is 6.31. The number of aromatic hydroxyl groups is 1. The largest absolute Gasteiger partial charge is 0.506 e. The summed E-state index contributed by atoms with van der Waals surface area (Å²) >= 11 is 0. The van der Waals surface area contributed by atoms with Gasteiger partial charge in [-0.1, -0.05) is 24.3 Å². The van der Waals surface area contributed by atoms with Crippen molar-refractivity contribution in [1.82, 2.24) is 0 Å². The third-order valence-electron chi connectivity index (χ3n) is 3.50. The fraction of sp³-hybridized carbons (Fsp3) is 0.0625. The number of phenols is 1. The van der Waals surface area contributed by atoms with Crippen LogP contribution in [0.4, 0.5) is 5.69 Å². The fourth-order valence-electron chi connectivity index (χ4n) is 2.57. The lowest BCUT2D eigenvalue weighted by Crippen LogP contribution is -2.23. The summed E-state index contributed by atoms with van der Waals surface area (Å²) in [5.41, 5.74) is 6.97. The Balaban J connectivity index is 2.38. The van der Waals surface area contributed by atoms with E-state index in [1.807, 2.05) is 0 Å². The summed E-state index contributed by atoms with van der Waals surface area (Å²) in [4.78, 5) is 28.9. The Morgan fingerprint density at radius 2 is 1.67 bits per heavy atom. The van der Waals surface area contributed by atoms with Gasteiger partial charge in [-0.2, -0.15) is 0 Å². The van der Waals surface area contributed by atoms with Crippen LogP contribution in [0.5, 0.6) is 5.75 Å². The molecule has 0 saturated heterocycles. The van der Waals surface area contributed by atoms with Crippen LogP contribution in [-0.4, -0.2) is 29.9 Å². The molecule has 21 heavy (non-hydrogen) atoms. The molecule has 3 rings (SSSR count). The van der Waals surface area contributed by atoms with Gasteiger partial charge in [-0.3, -0.25) is 14.6 Å². The lowest BCUT2D eigenvalue weighted by Gasteiger charge is -2.20. The summed E-state index contributed by atoms with van der Waals surface area (Å²) in [6, 6.07) is 7.95. The van der Waals surface area contributed by atoms with Gasteiger partial charge in [0.25, 0.3) is 0 Å². The van der Waals surface area contributed by atoms with Crippen molar-refractivity contribution in [2.45, 2.75) is 0 Å². The molecule has 0 atom stereocenters. The van der Waals surface area contributed by atoms with Crippen LogP contribution >= 0.6 is 0 Å². The Labute approximate surface area is 120 Å². The average Bonchev–Trinajstić information content (AvgIpc) is 2.48. The zero-order chi connectivity index (χ0) is 15.1. The van der Waals surface area contributed by atoms with E-state index in [4.69, 9.17) is 5.73 Å². The van der Waals surface area contributed by atoms with E-state index in [2.05, 4.69) is 4.99 Å². The first-order valence-corrected chi connectivity index (χ1v) is 6.32. The number of nitrogens with zero attached hydrogens (tertiary/aromatic N) is 1. The maximum absolute atomic E-state index is 12.6. The number of nitrogens with two attached hydrogens (primary N) is 1. The molecule has 5 heteroatoms. The number of aliphatic imine (C=N–C) groups is 1. The van der Waals surface area contributed by atoms with Gasteiger partial charge in [-0.25, -0.2) is 0 Å². The molecule has 1 aliphatic carbocycles. The second kappa shape index (κ2) is 4.56. The molecule has 2 aromatic carbocycles. The molecule has 0 saturated carbocycles. The van der Waals surface area contributed by atoms with Crippen molar-refractivity contribution in [3.8, 4) is 5.75 Å². The number of nitrogen functional groups attached to an aromatic ring is 1. The number of phenolic OH excluding ortho intramolecular Hbond substituents is 1. The summed E-state index contributed by atoms with van der Waals surface area (Å²) < 4.78 is 0. The minimum absolute atomic E-state index is 0.0476. The van der Waals surface area contributed by atoms with E-state index < -0.39 is 5.78 Å². The number of carbonyl (C=O) groups is 2. The number of carbonyl (C=O) groups excluding carboxylic acids is 2. The Bertz CT molecular complexity index is 823. The Morgan fingerprint density at radius 1 is 1.10 bits per heavy atom. The van der Waals surface area contributed by atoms with Gasteiger partial charge in [0.2, 0.25) is 0 Å². The van der Waals surface area contributed by atoms with Gasteiger partial charge >= 0.3 is 0 Å². The van der Waals surface area contributed by atoms with Gasteiger partial charge in [0.1, 0.15) is 5.75 Å². The molecule has 0 radical (unpaired) electrons. The quantitative estimate of drug-likeness (QED) is 0.404. The number of hydrogen-bond acceptors (Lipinski definition) is 5. The highest BCUT2D eigenvalue weighted by Gasteiger charge is 2.34. The average molecular weight is 280 g/mol. The van der Waals surface area contributed by atoms with Gasteiger partial charge < -0.3 is 10.8 Å². The molecular formula is C16H12N2O3. The van der Waals surface area contributed by atoms with Gasteiger partial charge in [0.05, 0.1) is 11.1 Å². The summed E-state index contributed by atoms with van der Waals surface area (Å²) in [6.45, 7) is 0. The molecule has 0 amide bonds. The predicted molar refractivity (Wildman–Crippen MR) is 79.3 cm³/mol. The molecule has 0 aliphatic heterocycles. The van der Waals surface area contributed by atoms with Gasteiger partial charge in [-0.05, 0) is 6.07 Å². The lowest BCUT2D eigenvalue weighted by molar-refractivity contribution is 0.0977. The SMILES string of the molecule is CN=Cc1cc(N)c2c(c1O)C(=O)c1ccccc1C2=O. The van der Waals surface area contributed by atoms with E-state index in [1.165, 1.54) is 19.3 Å². The van der Waals surface area contributed by atoms with Crippen LogP contribution in [0.25, 0.3) is 0 Å². The Kier molecular flexibility index (Phi) is 2.83. The van der Waals surface area contributed by atoms with Crippen LogP contribution in [0.2, 0.25) is 0 Å². The maximum Gasteiger partial charge on any atom is 0.198 e. The number of rotatable bonds is 1. The lowest BCUT2D eigenvalue weighted by atomic mass is 9.82. The Morgan fingerprint density at radius 3 is 2.24 bits per heavy atom. The molecule has 104 valence electrons. The van der Waals surface area contributed by atoms with Crippen LogP contribution in [0.1, 0.15) is 37.4 Å². The van der Waals surface area contributed by atoms with Crippen molar-refractivity contribution in [3.05, 3.63) is 58.1 Å². The normalized spacial score (nSPS) is 13.4. The highest BCUT2D eigenvalue weighted by Crippen LogP contribution is 2.37. The zero-order valence-electron chi connectivity index (χ0n) is 11.3. The van der Waals surface area contributed by atoms with Crippen LogP contribution in [0.15, 0.2) is 35.3 Å². The standard InChI is InChI=1S/C16H12N2O3/c1-18-7-8-6-11(17)12-13(14(8)19)16(21)10-5-3-2-4-9(10)15(12)20/h2-7,19H,17H2,1H3. The second-order valence-corrected chi connectivity index (χ2v) is 4.74. The summed E-state index contributed by atoms with van der Waals surface area (Å²) in [5.74, 6) is -1.03. The monoisotopic (exact) mass is 280 g/mol. The van der Waals surface area contributed by atoms with Gasteiger partial charge in [0.15, 0.2) is 11.6 Å². The molecule has 0 spiro atoms. The van der Waals surface area contributed by atoms with Crippen molar-refractivity contribution in [2.24, 2.45) is 4.99 Å². The molecule has 5 nitrogen and oxygen atoms in total. The number of ketones is 2. The molecule has 1 aliphatic rings. The van der Waals surface area contributed by atoms with Crippen molar-refractivity contribution >= 4 is 23.5 Å². The first kappa shape index (κ1) is 13.1. The summed E-state index contributed by atoms with van der Waals surface area (Å²) in [6.07, 6.45) is 1.39. The van der Waals surface area contributed by atoms with Crippen molar-refractivity contribution in [1.29, 1.82) is 0 Å². The fourth-order valence-corrected chi connectivity index (χ4v) is 2.57. The van der Waals surface area contributed by atoms with Crippen LogP contribution in [0.3, 0.4) is 0 Å². The second-order valence-electron chi connectivity index (χ2n) is 4.74.